The Morgan fingerprint density at radius 1 is 0.909 bits per heavy atom. The zero-order chi connectivity index (χ0) is 23.1. The van der Waals surface area contributed by atoms with Crippen molar-refractivity contribution in [2.24, 2.45) is 0 Å². The maximum atomic E-state index is 13.7. The molecule has 1 aromatic carbocycles. The van der Waals surface area contributed by atoms with Gasteiger partial charge in [0.15, 0.2) is 0 Å². The molecule has 0 unspecified atom stereocenters. The summed E-state index contributed by atoms with van der Waals surface area (Å²) in [5, 5.41) is 0.724. The lowest BCUT2D eigenvalue weighted by Gasteiger charge is -2.37. The molecule has 5 rings (SSSR count). The van der Waals surface area contributed by atoms with Crippen LogP contribution in [0.2, 0.25) is 0 Å². The van der Waals surface area contributed by atoms with E-state index in [-0.39, 0.29) is 5.91 Å². The summed E-state index contributed by atoms with van der Waals surface area (Å²) in [6.45, 7) is 13.7. The van der Waals surface area contributed by atoms with E-state index in [0.29, 0.717) is 49.2 Å². The van der Waals surface area contributed by atoms with Crippen LogP contribution in [-0.2, 0) is 4.74 Å². The van der Waals surface area contributed by atoms with Gasteiger partial charge in [-0.05, 0) is 39.3 Å². The summed E-state index contributed by atoms with van der Waals surface area (Å²) < 4.78 is 11.5. The number of piperazine rings is 1. The smallest absolute Gasteiger partial charge is 0.258 e. The van der Waals surface area contributed by atoms with Gasteiger partial charge in [0, 0.05) is 45.0 Å². The summed E-state index contributed by atoms with van der Waals surface area (Å²) >= 11 is 0. The standard InChI is InChI=1S/C25H31N5O3/c1-16-5-6-20(17(2)15-16)28-7-9-30(10-8-28)25(31)21-18(3)33-24-22(21)23(26-19(4)27-24)29-11-13-32-14-12-29/h5-6,15H,7-14H2,1-4H3. The molecule has 0 bridgehead atoms. The quantitative estimate of drug-likeness (QED) is 0.608. The number of carbonyl (C=O) groups excluding carboxylic acids is 1. The number of benzene rings is 1. The molecule has 3 aromatic rings. The van der Waals surface area contributed by atoms with Gasteiger partial charge in [-0.2, -0.15) is 4.98 Å². The average Bonchev–Trinajstić information content (AvgIpc) is 3.14. The molecule has 2 aliphatic rings. The Bertz CT molecular complexity index is 1190. The largest absolute Gasteiger partial charge is 0.442 e. The molecule has 0 aliphatic carbocycles. The van der Waals surface area contributed by atoms with Gasteiger partial charge in [-0.25, -0.2) is 4.98 Å². The van der Waals surface area contributed by atoms with Crippen LogP contribution in [0.5, 0.6) is 0 Å². The third kappa shape index (κ3) is 4.04. The average molecular weight is 450 g/mol. The number of amides is 1. The molecule has 1 amide bonds. The molecule has 0 N–H and O–H groups in total. The number of nitrogens with zero attached hydrogens (tertiary/aromatic N) is 5. The molecule has 0 spiro atoms. The Labute approximate surface area is 194 Å². The van der Waals surface area contributed by atoms with Crippen molar-refractivity contribution in [1.82, 2.24) is 14.9 Å². The van der Waals surface area contributed by atoms with Gasteiger partial charge in [0.2, 0.25) is 5.71 Å². The first-order valence-corrected chi connectivity index (χ1v) is 11.6. The number of fused-ring (bicyclic) bond motifs is 1. The SMILES string of the molecule is Cc1ccc(N2CCN(C(=O)c3c(C)oc4nc(C)nc(N5CCOCC5)c34)CC2)c(C)c1. The van der Waals surface area contributed by atoms with Crippen molar-refractivity contribution in [2.45, 2.75) is 27.7 Å². The monoisotopic (exact) mass is 449 g/mol. The number of rotatable bonds is 3. The first-order chi connectivity index (χ1) is 15.9. The fourth-order valence-corrected chi connectivity index (χ4v) is 4.93. The van der Waals surface area contributed by atoms with E-state index in [1.54, 1.807) is 0 Å². The van der Waals surface area contributed by atoms with Crippen molar-refractivity contribution in [3.63, 3.8) is 0 Å². The maximum Gasteiger partial charge on any atom is 0.258 e. The molecule has 2 aromatic heterocycles. The van der Waals surface area contributed by atoms with Gasteiger partial charge >= 0.3 is 0 Å². The van der Waals surface area contributed by atoms with Crippen LogP contribution < -0.4 is 9.80 Å². The van der Waals surface area contributed by atoms with E-state index in [1.807, 2.05) is 18.7 Å². The lowest BCUT2D eigenvalue weighted by Crippen LogP contribution is -2.49. The van der Waals surface area contributed by atoms with Crippen LogP contribution in [-0.4, -0.2) is 73.3 Å². The summed E-state index contributed by atoms with van der Waals surface area (Å²) in [5.74, 6) is 2.00. The molecule has 0 atom stereocenters. The number of aryl methyl sites for hydroxylation is 4. The highest BCUT2D eigenvalue weighted by Crippen LogP contribution is 2.33. The molecule has 0 radical (unpaired) electrons. The Morgan fingerprint density at radius 2 is 1.64 bits per heavy atom. The number of hydrogen-bond acceptors (Lipinski definition) is 7. The van der Waals surface area contributed by atoms with Gasteiger partial charge in [-0.1, -0.05) is 17.7 Å². The predicted molar refractivity (Wildman–Crippen MR) is 128 cm³/mol. The molecular formula is C25H31N5O3. The Balaban J connectivity index is 1.42. The Morgan fingerprint density at radius 3 is 2.33 bits per heavy atom. The Hall–Kier alpha value is -3.13. The van der Waals surface area contributed by atoms with Crippen molar-refractivity contribution >= 4 is 28.5 Å². The molecular weight excluding hydrogens is 418 g/mol. The van der Waals surface area contributed by atoms with Crippen LogP contribution in [0.4, 0.5) is 11.5 Å². The highest BCUT2D eigenvalue weighted by molar-refractivity contribution is 6.10. The van der Waals surface area contributed by atoms with Gasteiger partial charge in [-0.15, -0.1) is 0 Å². The molecule has 33 heavy (non-hydrogen) atoms. The van der Waals surface area contributed by atoms with E-state index >= 15 is 0 Å². The van der Waals surface area contributed by atoms with E-state index in [2.05, 4.69) is 46.8 Å². The van der Waals surface area contributed by atoms with Crippen LogP contribution >= 0.6 is 0 Å². The van der Waals surface area contributed by atoms with Crippen molar-refractivity contribution in [2.75, 3.05) is 62.3 Å². The molecule has 8 heteroatoms. The second-order valence-corrected chi connectivity index (χ2v) is 8.98. The minimum Gasteiger partial charge on any atom is -0.442 e. The molecule has 0 saturated carbocycles. The summed E-state index contributed by atoms with van der Waals surface area (Å²) in [6, 6.07) is 6.54. The zero-order valence-electron chi connectivity index (χ0n) is 19.8. The minimum atomic E-state index is -0.00603. The third-order valence-corrected chi connectivity index (χ3v) is 6.60. The first-order valence-electron chi connectivity index (χ1n) is 11.6. The molecule has 2 saturated heterocycles. The lowest BCUT2D eigenvalue weighted by atomic mass is 10.1. The van der Waals surface area contributed by atoms with Crippen LogP contribution in [0.3, 0.4) is 0 Å². The van der Waals surface area contributed by atoms with Crippen molar-refractivity contribution in [3.8, 4) is 0 Å². The summed E-state index contributed by atoms with van der Waals surface area (Å²) in [7, 11) is 0. The minimum absolute atomic E-state index is 0.00603. The fourth-order valence-electron chi connectivity index (χ4n) is 4.93. The summed E-state index contributed by atoms with van der Waals surface area (Å²) in [5.41, 5.74) is 4.86. The second kappa shape index (κ2) is 8.67. The lowest BCUT2D eigenvalue weighted by molar-refractivity contribution is 0.0746. The first kappa shape index (κ1) is 21.7. The summed E-state index contributed by atoms with van der Waals surface area (Å²) in [4.78, 5) is 29.4. The van der Waals surface area contributed by atoms with Crippen LogP contribution in [0.1, 0.15) is 33.1 Å². The maximum absolute atomic E-state index is 13.7. The summed E-state index contributed by atoms with van der Waals surface area (Å²) in [6.07, 6.45) is 0. The van der Waals surface area contributed by atoms with E-state index < -0.39 is 0 Å². The number of aromatic nitrogens is 2. The zero-order valence-corrected chi connectivity index (χ0v) is 19.8. The van der Waals surface area contributed by atoms with Gasteiger partial charge in [0.1, 0.15) is 17.4 Å². The molecule has 2 fully saturated rings. The number of furan rings is 1. The number of morpholine rings is 1. The predicted octanol–water partition coefficient (Wildman–Crippen LogP) is 3.26. The van der Waals surface area contributed by atoms with Gasteiger partial charge in [-0.3, -0.25) is 4.79 Å². The van der Waals surface area contributed by atoms with Crippen LogP contribution in [0.15, 0.2) is 22.6 Å². The van der Waals surface area contributed by atoms with Crippen LogP contribution in [0, 0.1) is 27.7 Å². The molecule has 174 valence electrons. The topological polar surface area (TPSA) is 74.9 Å². The molecule has 2 aliphatic heterocycles. The van der Waals surface area contributed by atoms with E-state index in [1.165, 1.54) is 16.8 Å². The highest BCUT2D eigenvalue weighted by Gasteiger charge is 2.31. The highest BCUT2D eigenvalue weighted by atomic mass is 16.5. The van der Waals surface area contributed by atoms with Gasteiger partial charge in [0.05, 0.1) is 24.2 Å². The molecule has 4 heterocycles. The molecule has 8 nitrogen and oxygen atoms in total. The van der Waals surface area contributed by atoms with E-state index in [4.69, 9.17) is 14.1 Å². The number of carbonyl (C=O) groups is 1. The fraction of sp³-hybridized carbons (Fsp3) is 0.480. The van der Waals surface area contributed by atoms with E-state index in [9.17, 15) is 4.79 Å². The van der Waals surface area contributed by atoms with Gasteiger partial charge < -0.3 is 23.9 Å². The third-order valence-electron chi connectivity index (χ3n) is 6.60. The van der Waals surface area contributed by atoms with Crippen molar-refractivity contribution in [1.29, 1.82) is 0 Å². The number of ether oxygens (including phenoxy) is 1. The Kier molecular flexibility index (Phi) is 5.70. The van der Waals surface area contributed by atoms with Crippen molar-refractivity contribution < 1.29 is 13.9 Å². The van der Waals surface area contributed by atoms with Gasteiger partial charge in [0.25, 0.3) is 5.91 Å². The van der Waals surface area contributed by atoms with Crippen LogP contribution in [0.25, 0.3) is 11.1 Å². The van der Waals surface area contributed by atoms with E-state index in [0.717, 1.165) is 37.4 Å². The number of hydrogen-bond donors (Lipinski definition) is 0. The number of anilines is 2. The second-order valence-electron chi connectivity index (χ2n) is 8.98. The van der Waals surface area contributed by atoms with Crippen molar-refractivity contribution in [3.05, 3.63) is 46.5 Å². The normalized spacial score (nSPS) is 17.2.